The van der Waals surface area contributed by atoms with Crippen LogP contribution >= 0.6 is 23.8 Å². The van der Waals surface area contributed by atoms with Crippen LogP contribution in [0, 0.1) is 11.3 Å². The van der Waals surface area contributed by atoms with E-state index in [2.05, 4.69) is 34.4 Å². The molecule has 9 heteroatoms. The van der Waals surface area contributed by atoms with Gasteiger partial charge in [0.2, 0.25) is 5.95 Å². The van der Waals surface area contributed by atoms with E-state index in [-0.39, 0.29) is 33.3 Å². The standard InChI is InChI=1S/C17H26ClN5O2S/c1-8(25-4)7-20-15-21-12(18)10(13(19)26)14(22-15)23-16(2)6-5-9-11(24)17(9,16)3/h8-9,11,24H,5-7H2,1-4H3,(H2,19,26)(H2,20,21,22,23). The van der Waals surface area contributed by atoms with E-state index in [1.807, 2.05) is 6.92 Å². The molecule has 1 aromatic heterocycles. The van der Waals surface area contributed by atoms with Crippen LogP contribution in [0.25, 0.3) is 0 Å². The number of anilines is 2. The minimum atomic E-state index is -0.328. The molecule has 0 spiro atoms. The Balaban J connectivity index is 1.91. The van der Waals surface area contributed by atoms with E-state index in [0.29, 0.717) is 29.8 Å². The van der Waals surface area contributed by atoms with Gasteiger partial charge in [0, 0.05) is 24.6 Å². The number of aromatic nitrogens is 2. The van der Waals surface area contributed by atoms with Crippen molar-refractivity contribution in [2.45, 2.75) is 51.4 Å². The molecule has 0 aliphatic heterocycles. The molecule has 5 unspecified atom stereocenters. The molecule has 0 amide bonds. The molecular weight excluding hydrogens is 374 g/mol. The number of nitrogens with one attached hydrogen (secondary N) is 2. The maximum atomic E-state index is 10.3. The second kappa shape index (κ2) is 6.74. The summed E-state index contributed by atoms with van der Waals surface area (Å²) in [6.45, 7) is 6.67. The normalized spacial score (nSPS) is 33.5. The molecule has 26 heavy (non-hydrogen) atoms. The van der Waals surface area contributed by atoms with Gasteiger partial charge in [-0.25, -0.2) is 4.98 Å². The zero-order chi connectivity index (χ0) is 19.3. The molecule has 0 saturated heterocycles. The van der Waals surface area contributed by atoms with Crippen LogP contribution in [0.4, 0.5) is 11.8 Å². The SMILES string of the molecule is COC(C)CNc1nc(Cl)c(C(N)=S)c(NC2(C)CCC3C(O)C32C)n1. The summed E-state index contributed by atoms with van der Waals surface area (Å²) < 4.78 is 5.23. The number of aliphatic hydroxyl groups is 1. The van der Waals surface area contributed by atoms with Crippen LogP contribution in [0.2, 0.25) is 5.15 Å². The van der Waals surface area contributed by atoms with Gasteiger partial charge in [-0.15, -0.1) is 0 Å². The lowest BCUT2D eigenvalue weighted by Crippen LogP contribution is -2.43. The van der Waals surface area contributed by atoms with Crippen LogP contribution in [0.15, 0.2) is 0 Å². The highest BCUT2D eigenvalue weighted by Crippen LogP contribution is 2.68. The van der Waals surface area contributed by atoms with Crippen molar-refractivity contribution < 1.29 is 9.84 Å². The second-order valence-corrected chi connectivity index (χ2v) is 8.48. The summed E-state index contributed by atoms with van der Waals surface area (Å²) in [7, 11) is 1.64. The molecule has 0 bridgehead atoms. The molecule has 1 aromatic rings. The third kappa shape index (κ3) is 3.02. The van der Waals surface area contributed by atoms with Crippen LogP contribution in [0.3, 0.4) is 0 Å². The molecule has 1 heterocycles. The van der Waals surface area contributed by atoms with Crippen LogP contribution in [-0.2, 0) is 4.74 Å². The zero-order valence-electron chi connectivity index (χ0n) is 15.5. The van der Waals surface area contributed by atoms with Crippen molar-refractivity contribution in [3.63, 3.8) is 0 Å². The van der Waals surface area contributed by atoms with Crippen molar-refractivity contribution in [2.24, 2.45) is 17.1 Å². The number of hydrogen-bond donors (Lipinski definition) is 4. The van der Waals surface area contributed by atoms with Crippen LogP contribution in [0.1, 0.15) is 39.2 Å². The summed E-state index contributed by atoms with van der Waals surface area (Å²) >= 11 is 11.5. The average Bonchev–Trinajstić information content (AvgIpc) is 2.99. The third-order valence-corrected chi connectivity index (χ3v) is 6.73. The third-order valence-electron chi connectivity index (χ3n) is 6.26. The predicted molar refractivity (Wildman–Crippen MR) is 107 cm³/mol. The molecule has 0 aromatic carbocycles. The Bertz CT molecular complexity index is 735. The highest BCUT2D eigenvalue weighted by Gasteiger charge is 2.73. The molecule has 2 aliphatic rings. The van der Waals surface area contributed by atoms with Crippen molar-refractivity contribution in [1.82, 2.24) is 9.97 Å². The van der Waals surface area contributed by atoms with E-state index in [9.17, 15) is 5.11 Å². The van der Waals surface area contributed by atoms with Crippen LogP contribution in [0.5, 0.6) is 0 Å². The fourth-order valence-electron chi connectivity index (χ4n) is 4.08. The molecule has 2 fully saturated rings. The predicted octanol–water partition coefficient (Wildman–Crippen LogP) is 2.17. The summed E-state index contributed by atoms with van der Waals surface area (Å²) in [5, 5.41) is 17.1. The summed E-state index contributed by atoms with van der Waals surface area (Å²) in [5.74, 6) is 1.18. The summed E-state index contributed by atoms with van der Waals surface area (Å²) in [6, 6.07) is 0. The van der Waals surface area contributed by atoms with E-state index in [1.54, 1.807) is 7.11 Å². The van der Waals surface area contributed by atoms with Crippen molar-refractivity contribution in [3.05, 3.63) is 10.7 Å². The molecule has 5 N–H and O–H groups in total. The number of hydrogen-bond acceptors (Lipinski definition) is 7. The second-order valence-electron chi connectivity index (χ2n) is 7.68. The monoisotopic (exact) mass is 399 g/mol. The number of rotatable bonds is 7. The first-order chi connectivity index (χ1) is 12.1. The minimum absolute atomic E-state index is 0.00215. The van der Waals surface area contributed by atoms with Crippen LogP contribution in [-0.4, -0.2) is 51.5 Å². The summed E-state index contributed by atoms with van der Waals surface area (Å²) in [5.41, 5.74) is 5.77. The van der Waals surface area contributed by atoms with E-state index < -0.39 is 0 Å². The number of thiocarbonyl (C=S) groups is 1. The Labute approximate surface area is 164 Å². The largest absolute Gasteiger partial charge is 0.392 e. The van der Waals surface area contributed by atoms with Gasteiger partial charge in [-0.3, -0.25) is 0 Å². The smallest absolute Gasteiger partial charge is 0.226 e. The van der Waals surface area contributed by atoms with E-state index in [1.165, 1.54) is 0 Å². The molecule has 144 valence electrons. The zero-order valence-corrected chi connectivity index (χ0v) is 17.0. The van der Waals surface area contributed by atoms with E-state index in [0.717, 1.165) is 12.8 Å². The van der Waals surface area contributed by atoms with Crippen molar-refractivity contribution in [1.29, 1.82) is 0 Å². The number of ether oxygens (including phenoxy) is 1. The first-order valence-corrected chi connectivity index (χ1v) is 9.53. The fraction of sp³-hybridized carbons (Fsp3) is 0.706. The summed E-state index contributed by atoms with van der Waals surface area (Å²) in [6.07, 6.45) is 1.59. The average molecular weight is 400 g/mol. The molecule has 2 aliphatic carbocycles. The molecule has 0 radical (unpaired) electrons. The quantitative estimate of drug-likeness (QED) is 0.408. The van der Waals surface area contributed by atoms with Gasteiger partial charge in [0.25, 0.3) is 0 Å². The Morgan fingerprint density at radius 3 is 2.73 bits per heavy atom. The lowest BCUT2D eigenvalue weighted by Gasteiger charge is -2.36. The lowest BCUT2D eigenvalue weighted by atomic mass is 9.84. The van der Waals surface area contributed by atoms with Gasteiger partial charge >= 0.3 is 0 Å². The number of nitrogens with two attached hydrogens (primary N) is 1. The van der Waals surface area contributed by atoms with Gasteiger partial charge in [-0.1, -0.05) is 30.7 Å². The maximum absolute atomic E-state index is 10.3. The van der Waals surface area contributed by atoms with Crippen molar-refractivity contribution in [2.75, 3.05) is 24.3 Å². The lowest BCUT2D eigenvalue weighted by molar-refractivity contribution is 0.128. The number of nitrogens with zero attached hydrogens (tertiary/aromatic N) is 2. The molecule has 7 nitrogen and oxygen atoms in total. The Kier molecular flexibility index (Phi) is 5.07. The van der Waals surface area contributed by atoms with Crippen molar-refractivity contribution in [3.8, 4) is 0 Å². The van der Waals surface area contributed by atoms with E-state index in [4.69, 9.17) is 34.3 Å². The highest BCUT2D eigenvalue weighted by molar-refractivity contribution is 7.80. The summed E-state index contributed by atoms with van der Waals surface area (Å²) in [4.78, 5) is 8.94. The Hall–Kier alpha value is -1.22. The first-order valence-electron chi connectivity index (χ1n) is 8.74. The Morgan fingerprint density at radius 1 is 1.50 bits per heavy atom. The van der Waals surface area contributed by atoms with Crippen molar-refractivity contribution >= 4 is 40.6 Å². The Morgan fingerprint density at radius 2 is 2.19 bits per heavy atom. The fourth-order valence-corrected chi connectivity index (χ4v) is 4.60. The molecule has 5 atom stereocenters. The number of halogens is 1. The van der Waals surface area contributed by atoms with E-state index >= 15 is 0 Å². The van der Waals surface area contributed by atoms with Crippen LogP contribution < -0.4 is 16.4 Å². The van der Waals surface area contributed by atoms with Gasteiger partial charge in [0.15, 0.2) is 0 Å². The maximum Gasteiger partial charge on any atom is 0.226 e. The number of aliphatic hydroxyl groups excluding tert-OH is 1. The molecule has 3 rings (SSSR count). The van der Waals surface area contributed by atoms with Gasteiger partial charge < -0.3 is 26.2 Å². The van der Waals surface area contributed by atoms with Gasteiger partial charge in [0.05, 0.1) is 17.8 Å². The number of fused-ring (bicyclic) bond motifs is 1. The highest BCUT2D eigenvalue weighted by atomic mass is 35.5. The first kappa shape index (κ1) is 19.5. The topological polar surface area (TPSA) is 105 Å². The van der Waals surface area contributed by atoms with Gasteiger partial charge in [-0.05, 0) is 32.6 Å². The van der Waals surface area contributed by atoms with Gasteiger partial charge in [-0.2, -0.15) is 4.98 Å². The number of methoxy groups -OCH3 is 1. The molecular formula is C17H26ClN5O2S. The molecule has 2 saturated carbocycles. The van der Waals surface area contributed by atoms with Gasteiger partial charge in [0.1, 0.15) is 16.0 Å². The minimum Gasteiger partial charge on any atom is -0.392 e.